The van der Waals surface area contributed by atoms with Crippen LogP contribution in [0.25, 0.3) is 11.1 Å². The monoisotopic (exact) mass is 230 g/mol. The fourth-order valence-corrected chi connectivity index (χ4v) is 1.68. The van der Waals surface area contributed by atoms with Crippen molar-refractivity contribution < 1.29 is 9.18 Å². The number of benzene rings is 2. The van der Waals surface area contributed by atoms with Crippen molar-refractivity contribution in [1.29, 1.82) is 0 Å². The number of rotatable bonds is 2. The van der Waals surface area contributed by atoms with E-state index >= 15 is 0 Å². The molecule has 0 radical (unpaired) electrons. The van der Waals surface area contributed by atoms with Crippen molar-refractivity contribution in [2.75, 3.05) is 5.73 Å². The third kappa shape index (κ3) is 2.10. The fourth-order valence-electron chi connectivity index (χ4n) is 1.68. The second-order valence-electron chi connectivity index (χ2n) is 3.65. The number of hydrogen-bond acceptors (Lipinski definition) is 2. The minimum absolute atomic E-state index is 0.275. The number of nitrogen functional groups attached to an aromatic ring is 1. The molecule has 0 bridgehead atoms. The summed E-state index contributed by atoms with van der Waals surface area (Å²) in [5.74, 6) is -1.03. The van der Waals surface area contributed by atoms with Crippen LogP contribution < -0.4 is 11.5 Å². The van der Waals surface area contributed by atoms with E-state index in [2.05, 4.69) is 0 Å². The molecule has 0 atom stereocenters. The molecular formula is C13H11FN2O. The molecule has 17 heavy (non-hydrogen) atoms. The Kier molecular flexibility index (Phi) is 2.78. The minimum atomic E-state index is -0.595. The van der Waals surface area contributed by atoms with Crippen molar-refractivity contribution in [1.82, 2.24) is 0 Å². The molecule has 0 fully saturated rings. The number of anilines is 1. The van der Waals surface area contributed by atoms with Crippen molar-refractivity contribution in [3.05, 3.63) is 53.8 Å². The Balaban J connectivity index is 2.68. The van der Waals surface area contributed by atoms with E-state index in [1.807, 2.05) is 0 Å². The molecule has 2 rings (SSSR count). The van der Waals surface area contributed by atoms with E-state index in [4.69, 9.17) is 11.5 Å². The highest BCUT2D eigenvalue weighted by molar-refractivity contribution is 6.00. The second kappa shape index (κ2) is 4.25. The maximum atomic E-state index is 13.7. The Morgan fingerprint density at radius 2 is 1.76 bits per heavy atom. The lowest BCUT2D eigenvalue weighted by atomic mass is 9.98. The van der Waals surface area contributed by atoms with Crippen LogP contribution >= 0.6 is 0 Å². The van der Waals surface area contributed by atoms with E-state index in [-0.39, 0.29) is 11.1 Å². The van der Waals surface area contributed by atoms with Gasteiger partial charge in [0.15, 0.2) is 0 Å². The predicted octanol–water partition coefficient (Wildman–Crippen LogP) is 2.17. The van der Waals surface area contributed by atoms with E-state index in [0.717, 1.165) is 0 Å². The molecule has 2 aromatic carbocycles. The highest BCUT2D eigenvalue weighted by atomic mass is 19.1. The summed E-state index contributed by atoms with van der Waals surface area (Å²) in [6.45, 7) is 0. The highest BCUT2D eigenvalue weighted by Gasteiger charge is 2.12. The van der Waals surface area contributed by atoms with Gasteiger partial charge in [-0.3, -0.25) is 4.79 Å². The van der Waals surface area contributed by atoms with Gasteiger partial charge >= 0.3 is 0 Å². The zero-order valence-corrected chi connectivity index (χ0v) is 8.98. The molecule has 0 aromatic heterocycles. The van der Waals surface area contributed by atoms with Gasteiger partial charge in [-0.2, -0.15) is 0 Å². The Labute approximate surface area is 97.9 Å². The van der Waals surface area contributed by atoms with Crippen molar-refractivity contribution in [2.24, 2.45) is 5.73 Å². The normalized spacial score (nSPS) is 10.2. The van der Waals surface area contributed by atoms with Crippen LogP contribution in [-0.2, 0) is 0 Å². The maximum Gasteiger partial charge on any atom is 0.249 e. The summed E-state index contributed by atoms with van der Waals surface area (Å²) in [7, 11) is 0. The van der Waals surface area contributed by atoms with Gasteiger partial charge in [0, 0.05) is 16.8 Å². The first-order chi connectivity index (χ1) is 8.09. The third-order valence-corrected chi connectivity index (χ3v) is 2.47. The van der Waals surface area contributed by atoms with Crippen LogP contribution in [0.1, 0.15) is 10.4 Å². The lowest BCUT2D eigenvalue weighted by Gasteiger charge is -2.08. The number of primary amides is 1. The predicted molar refractivity (Wildman–Crippen MR) is 64.8 cm³/mol. The second-order valence-corrected chi connectivity index (χ2v) is 3.65. The zero-order valence-electron chi connectivity index (χ0n) is 8.98. The van der Waals surface area contributed by atoms with E-state index in [1.165, 1.54) is 18.2 Å². The summed E-state index contributed by atoms with van der Waals surface area (Å²) in [4.78, 5) is 11.3. The van der Waals surface area contributed by atoms with E-state index in [9.17, 15) is 9.18 Å². The largest absolute Gasteiger partial charge is 0.399 e. The molecule has 4 heteroatoms. The van der Waals surface area contributed by atoms with Gasteiger partial charge in [0.1, 0.15) is 5.82 Å². The van der Waals surface area contributed by atoms with Crippen LogP contribution in [0, 0.1) is 5.82 Å². The molecule has 0 aliphatic heterocycles. The van der Waals surface area contributed by atoms with Gasteiger partial charge in [-0.05, 0) is 29.8 Å². The molecule has 0 heterocycles. The fraction of sp³-hybridized carbons (Fsp3) is 0. The topological polar surface area (TPSA) is 69.1 Å². The number of carbonyl (C=O) groups excluding carboxylic acids is 1. The van der Waals surface area contributed by atoms with Crippen molar-refractivity contribution in [3.8, 4) is 11.1 Å². The van der Waals surface area contributed by atoms with Crippen LogP contribution in [0.2, 0.25) is 0 Å². The average molecular weight is 230 g/mol. The van der Waals surface area contributed by atoms with Gasteiger partial charge in [0.2, 0.25) is 5.91 Å². The highest BCUT2D eigenvalue weighted by Crippen LogP contribution is 2.27. The van der Waals surface area contributed by atoms with Crippen molar-refractivity contribution >= 4 is 11.6 Å². The number of amides is 1. The van der Waals surface area contributed by atoms with Gasteiger partial charge in [-0.25, -0.2) is 4.39 Å². The Hall–Kier alpha value is -2.36. The first-order valence-corrected chi connectivity index (χ1v) is 5.04. The van der Waals surface area contributed by atoms with Crippen molar-refractivity contribution in [2.45, 2.75) is 0 Å². The number of halogens is 1. The van der Waals surface area contributed by atoms with Gasteiger partial charge in [0.05, 0.1) is 0 Å². The average Bonchev–Trinajstić information content (AvgIpc) is 2.32. The van der Waals surface area contributed by atoms with Gasteiger partial charge in [-0.1, -0.05) is 18.2 Å². The lowest BCUT2D eigenvalue weighted by molar-refractivity contribution is 0.100. The number of hydrogen-bond donors (Lipinski definition) is 2. The molecule has 0 spiro atoms. The first kappa shape index (κ1) is 11.1. The van der Waals surface area contributed by atoms with Crippen molar-refractivity contribution in [3.63, 3.8) is 0 Å². The molecule has 0 saturated carbocycles. The minimum Gasteiger partial charge on any atom is -0.399 e. The summed E-state index contributed by atoms with van der Waals surface area (Å²) in [5.41, 5.74) is 12.3. The SMILES string of the molecule is NC(=O)c1ccccc1-c1cc(N)ccc1F. The third-order valence-electron chi connectivity index (χ3n) is 2.47. The molecule has 0 aliphatic rings. The van der Waals surface area contributed by atoms with Gasteiger partial charge in [-0.15, -0.1) is 0 Å². The molecular weight excluding hydrogens is 219 g/mol. The molecule has 0 saturated heterocycles. The molecule has 2 aromatic rings. The number of nitrogens with two attached hydrogens (primary N) is 2. The molecule has 86 valence electrons. The van der Waals surface area contributed by atoms with Gasteiger partial charge in [0.25, 0.3) is 0 Å². The smallest absolute Gasteiger partial charge is 0.249 e. The van der Waals surface area contributed by atoms with E-state index in [0.29, 0.717) is 11.3 Å². The molecule has 1 amide bonds. The summed E-state index contributed by atoms with van der Waals surface area (Å²) in [6.07, 6.45) is 0. The van der Waals surface area contributed by atoms with E-state index in [1.54, 1.807) is 24.3 Å². The van der Waals surface area contributed by atoms with Crippen LogP contribution in [-0.4, -0.2) is 5.91 Å². The molecule has 0 unspecified atom stereocenters. The van der Waals surface area contributed by atoms with E-state index < -0.39 is 11.7 Å². The van der Waals surface area contributed by atoms with Crippen LogP contribution in [0.5, 0.6) is 0 Å². The Morgan fingerprint density at radius 1 is 1.06 bits per heavy atom. The van der Waals surface area contributed by atoms with Gasteiger partial charge < -0.3 is 11.5 Å². The van der Waals surface area contributed by atoms with Crippen LogP contribution in [0.15, 0.2) is 42.5 Å². The lowest BCUT2D eigenvalue weighted by Crippen LogP contribution is -2.12. The van der Waals surface area contributed by atoms with Crippen LogP contribution in [0.4, 0.5) is 10.1 Å². The molecule has 3 nitrogen and oxygen atoms in total. The van der Waals surface area contributed by atoms with Crippen LogP contribution in [0.3, 0.4) is 0 Å². The quantitative estimate of drug-likeness (QED) is 0.776. The molecule has 0 aliphatic carbocycles. The Bertz CT molecular complexity index is 581. The molecule has 4 N–H and O–H groups in total. The first-order valence-electron chi connectivity index (χ1n) is 5.04. The summed E-state index contributed by atoms with van der Waals surface area (Å²) < 4.78 is 13.7. The summed E-state index contributed by atoms with van der Waals surface area (Å²) in [5, 5.41) is 0. The summed E-state index contributed by atoms with van der Waals surface area (Å²) in [6, 6.07) is 10.8. The maximum absolute atomic E-state index is 13.7. The summed E-state index contributed by atoms with van der Waals surface area (Å²) >= 11 is 0. The Morgan fingerprint density at radius 3 is 2.47 bits per heavy atom. The standard InChI is InChI=1S/C13H11FN2O/c14-12-6-5-8(15)7-11(12)9-3-1-2-4-10(9)13(16)17/h1-7H,15H2,(H2,16,17). The number of carbonyl (C=O) groups is 1. The zero-order chi connectivity index (χ0) is 12.4.